The van der Waals surface area contributed by atoms with E-state index in [1.165, 1.54) is 6.21 Å². The molecular weight excluding hydrogens is 399 g/mol. The number of ether oxygens (including phenoxy) is 2. The van der Waals surface area contributed by atoms with Crippen LogP contribution < -0.4 is 14.9 Å². The summed E-state index contributed by atoms with van der Waals surface area (Å²) >= 11 is 2.06. The van der Waals surface area contributed by atoms with E-state index in [0.717, 1.165) is 9.33 Å². The first kappa shape index (κ1) is 14.9. The highest BCUT2D eigenvalue weighted by Gasteiger charge is 2.12. The van der Waals surface area contributed by atoms with Crippen LogP contribution in [0.1, 0.15) is 11.3 Å². The number of fused-ring (bicyclic) bond motifs is 1. The first-order chi connectivity index (χ1) is 10.7. The number of furan rings is 1. The van der Waals surface area contributed by atoms with Gasteiger partial charge < -0.3 is 13.9 Å². The molecule has 0 saturated heterocycles. The van der Waals surface area contributed by atoms with E-state index in [1.54, 1.807) is 6.07 Å². The molecule has 0 atom stereocenters. The van der Waals surface area contributed by atoms with E-state index < -0.39 is 0 Å². The summed E-state index contributed by atoms with van der Waals surface area (Å²) in [6.07, 6.45) is 1.67. The van der Waals surface area contributed by atoms with Crippen molar-refractivity contribution in [3.05, 3.63) is 45.4 Å². The van der Waals surface area contributed by atoms with E-state index in [-0.39, 0.29) is 12.3 Å². The van der Waals surface area contributed by atoms with Crippen molar-refractivity contribution in [1.29, 1.82) is 0 Å². The van der Waals surface area contributed by atoms with Gasteiger partial charge in [0.2, 0.25) is 5.91 Å². The Kier molecular flexibility index (Phi) is 4.62. The van der Waals surface area contributed by atoms with Gasteiger partial charge in [0.15, 0.2) is 15.3 Å². The second kappa shape index (κ2) is 6.82. The number of hydrogen-bond acceptors (Lipinski definition) is 5. The van der Waals surface area contributed by atoms with Crippen molar-refractivity contribution in [2.45, 2.75) is 6.42 Å². The Balaban J connectivity index is 1.56. The largest absolute Gasteiger partial charge is 0.486 e. The summed E-state index contributed by atoms with van der Waals surface area (Å²) in [5.41, 5.74) is 3.30. The van der Waals surface area contributed by atoms with Crippen LogP contribution in [0.2, 0.25) is 0 Å². The molecule has 0 fully saturated rings. The Morgan fingerprint density at radius 1 is 1.23 bits per heavy atom. The van der Waals surface area contributed by atoms with Crippen LogP contribution in [0.15, 0.2) is 39.9 Å². The number of hydrogen-bond donors (Lipinski definition) is 1. The van der Waals surface area contributed by atoms with E-state index in [0.29, 0.717) is 30.5 Å². The molecule has 0 unspecified atom stereocenters. The minimum Gasteiger partial charge on any atom is -0.486 e. The molecule has 1 N–H and O–H groups in total. The molecule has 0 radical (unpaired) electrons. The number of benzene rings is 1. The van der Waals surface area contributed by atoms with Crippen LogP contribution in [0.3, 0.4) is 0 Å². The topological polar surface area (TPSA) is 73.1 Å². The number of carbonyl (C=O) groups is 1. The number of rotatable bonds is 4. The van der Waals surface area contributed by atoms with Gasteiger partial charge in [-0.15, -0.1) is 0 Å². The molecule has 22 heavy (non-hydrogen) atoms. The lowest BCUT2D eigenvalue weighted by atomic mass is 10.1. The first-order valence-corrected chi connectivity index (χ1v) is 7.74. The molecular formula is C15H13IN2O4. The molecule has 7 heteroatoms. The molecule has 1 aliphatic heterocycles. The fourth-order valence-corrected chi connectivity index (χ4v) is 2.42. The average molecular weight is 412 g/mol. The highest BCUT2D eigenvalue weighted by Crippen LogP contribution is 2.30. The maximum absolute atomic E-state index is 11.8. The van der Waals surface area contributed by atoms with Gasteiger partial charge in [-0.2, -0.15) is 5.10 Å². The van der Waals surface area contributed by atoms with Gasteiger partial charge in [-0.25, -0.2) is 5.43 Å². The Labute approximate surface area is 140 Å². The third kappa shape index (κ3) is 3.79. The van der Waals surface area contributed by atoms with Crippen LogP contribution in [-0.2, 0) is 11.2 Å². The summed E-state index contributed by atoms with van der Waals surface area (Å²) in [4.78, 5) is 11.8. The van der Waals surface area contributed by atoms with Gasteiger partial charge in [0.05, 0.1) is 12.6 Å². The minimum absolute atomic E-state index is 0.212. The quantitative estimate of drug-likeness (QED) is 0.476. The molecule has 1 aliphatic rings. The predicted molar refractivity (Wildman–Crippen MR) is 88.3 cm³/mol. The Hall–Kier alpha value is -2.03. The standard InChI is InChI=1S/C15H13IN2O4/c16-14-4-2-11(22-14)9-17-18-15(19)8-10-1-3-12-13(7-10)21-6-5-20-12/h1-4,7,9H,5-6,8H2,(H,18,19)/b17-9-. The van der Waals surface area contributed by atoms with Crippen molar-refractivity contribution in [1.82, 2.24) is 5.43 Å². The highest BCUT2D eigenvalue weighted by atomic mass is 127. The summed E-state index contributed by atoms with van der Waals surface area (Å²) in [5, 5.41) is 3.86. The third-order valence-electron chi connectivity index (χ3n) is 2.95. The zero-order valence-electron chi connectivity index (χ0n) is 11.5. The lowest BCUT2D eigenvalue weighted by Gasteiger charge is -2.18. The SMILES string of the molecule is O=C(Cc1ccc2c(c1)OCCO2)N/N=C\c1ccc(I)o1. The van der Waals surface area contributed by atoms with Gasteiger partial charge >= 0.3 is 0 Å². The van der Waals surface area contributed by atoms with Crippen LogP contribution in [0.5, 0.6) is 11.5 Å². The minimum atomic E-state index is -0.214. The van der Waals surface area contributed by atoms with Gasteiger partial charge in [-0.1, -0.05) is 6.07 Å². The van der Waals surface area contributed by atoms with Gasteiger partial charge in [-0.3, -0.25) is 4.79 Å². The fraction of sp³-hybridized carbons (Fsp3) is 0.200. The van der Waals surface area contributed by atoms with E-state index in [2.05, 4.69) is 33.1 Å². The van der Waals surface area contributed by atoms with Crippen LogP contribution in [0, 0.1) is 3.77 Å². The number of nitrogens with zero attached hydrogens (tertiary/aromatic N) is 1. The second-order valence-corrected chi connectivity index (χ2v) is 5.65. The molecule has 1 aromatic heterocycles. The zero-order valence-corrected chi connectivity index (χ0v) is 13.7. The number of nitrogens with one attached hydrogen (secondary N) is 1. The van der Waals surface area contributed by atoms with Crippen molar-refractivity contribution in [2.75, 3.05) is 13.2 Å². The van der Waals surface area contributed by atoms with Gasteiger partial charge in [0, 0.05) is 0 Å². The molecule has 6 nitrogen and oxygen atoms in total. The van der Waals surface area contributed by atoms with Crippen LogP contribution in [-0.4, -0.2) is 25.3 Å². The normalized spacial score (nSPS) is 13.3. The Morgan fingerprint density at radius 2 is 2.05 bits per heavy atom. The van der Waals surface area contributed by atoms with Gasteiger partial charge in [0.1, 0.15) is 19.0 Å². The summed E-state index contributed by atoms with van der Waals surface area (Å²) < 4.78 is 17.0. The smallest absolute Gasteiger partial charge is 0.244 e. The average Bonchev–Trinajstić information content (AvgIpc) is 2.92. The van der Waals surface area contributed by atoms with E-state index in [9.17, 15) is 4.79 Å². The van der Waals surface area contributed by atoms with Crippen molar-refractivity contribution in [3.63, 3.8) is 0 Å². The zero-order chi connectivity index (χ0) is 15.4. The molecule has 0 saturated carbocycles. The van der Waals surface area contributed by atoms with Crippen LogP contribution in [0.4, 0.5) is 0 Å². The number of amides is 1. The number of hydrazone groups is 1. The fourth-order valence-electron chi connectivity index (χ4n) is 1.99. The molecule has 0 aliphatic carbocycles. The summed E-state index contributed by atoms with van der Waals surface area (Å²) in [6, 6.07) is 9.06. The Morgan fingerprint density at radius 3 is 2.82 bits per heavy atom. The van der Waals surface area contributed by atoms with Crippen LogP contribution in [0.25, 0.3) is 0 Å². The van der Waals surface area contributed by atoms with E-state index >= 15 is 0 Å². The van der Waals surface area contributed by atoms with Crippen molar-refractivity contribution < 1.29 is 18.7 Å². The summed E-state index contributed by atoms with van der Waals surface area (Å²) in [5.74, 6) is 1.75. The van der Waals surface area contributed by atoms with Gasteiger partial charge in [-0.05, 0) is 52.4 Å². The summed E-state index contributed by atoms with van der Waals surface area (Å²) in [6.45, 7) is 1.07. The predicted octanol–water partition coefficient (Wildman–Crippen LogP) is 2.35. The molecule has 3 rings (SSSR count). The molecule has 114 valence electrons. The monoisotopic (exact) mass is 412 g/mol. The van der Waals surface area contributed by atoms with Crippen molar-refractivity contribution >= 4 is 34.7 Å². The molecule has 2 aromatic rings. The van der Waals surface area contributed by atoms with E-state index in [1.807, 2.05) is 24.3 Å². The third-order valence-corrected chi connectivity index (χ3v) is 3.53. The van der Waals surface area contributed by atoms with E-state index in [4.69, 9.17) is 13.9 Å². The molecule has 1 aromatic carbocycles. The first-order valence-electron chi connectivity index (χ1n) is 6.66. The summed E-state index contributed by atoms with van der Waals surface area (Å²) in [7, 11) is 0. The molecule has 2 heterocycles. The van der Waals surface area contributed by atoms with Crippen molar-refractivity contribution in [3.8, 4) is 11.5 Å². The Bertz CT molecular complexity index is 711. The number of carbonyl (C=O) groups excluding carboxylic acids is 1. The van der Waals surface area contributed by atoms with Gasteiger partial charge in [0.25, 0.3) is 0 Å². The molecule has 0 spiro atoms. The molecule has 1 amide bonds. The number of halogens is 1. The van der Waals surface area contributed by atoms with Crippen molar-refractivity contribution in [2.24, 2.45) is 5.10 Å². The maximum Gasteiger partial charge on any atom is 0.244 e. The second-order valence-electron chi connectivity index (χ2n) is 4.59. The lowest BCUT2D eigenvalue weighted by molar-refractivity contribution is -0.120. The molecule has 0 bridgehead atoms. The maximum atomic E-state index is 11.8. The van der Waals surface area contributed by atoms with Crippen LogP contribution >= 0.6 is 22.6 Å². The lowest BCUT2D eigenvalue weighted by Crippen LogP contribution is -2.20. The highest BCUT2D eigenvalue weighted by molar-refractivity contribution is 14.1.